The molecule has 0 saturated carbocycles. The van der Waals surface area contributed by atoms with Gasteiger partial charge in [0.05, 0.1) is 5.38 Å². The maximum absolute atomic E-state index is 6.24. The van der Waals surface area contributed by atoms with Gasteiger partial charge in [0, 0.05) is 20.2 Å². The average molecular weight is 247 g/mol. The van der Waals surface area contributed by atoms with Crippen LogP contribution < -0.4 is 0 Å². The Balaban J connectivity index is 2.53. The highest BCUT2D eigenvalue weighted by molar-refractivity contribution is 7.25. The Kier molecular flexibility index (Phi) is 2.38. The summed E-state index contributed by atoms with van der Waals surface area (Å²) >= 11 is 8.08. The van der Waals surface area contributed by atoms with Gasteiger partial charge in [-0.25, -0.2) is 0 Å². The van der Waals surface area contributed by atoms with Crippen molar-refractivity contribution in [2.75, 3.05) is 0 Å². The third kappa shape index (κ3) is 1.43. The Hall–Kier alpha value is -1.05. The van der Waals surface area contributed by atoms with Crippen molar-refractivity contribution < 1.29 is 0 Å². The van der Waals surface area contributed by atoms with Gasteiger partial charge < -0.3 is 0 Å². The lowest BCUT2D eigenvalue weighted by molar-refractivity contribution is 1.10. The molecule has 3 aromatic rings. The molecule has 0 fully saturated rings. The molecule has 0 spiro atoms. The fourth-order valence-electron chi connectivity index (χ4n) is 2.13. The van der Waals surface area contributed by atoms with Gasteiger partial charge >= 0.3 is 0 Å². The van der Waals surface area contributed by atoms with Crippen molar-refractivity contribution in [3.05, 3.63) is 48.0 Å². The predicted molar refractivity (Wildman–Crippen MR) is 73.6 cm³/mol. The standard InChI is InChI=1S/C14H11ClS/c1-9(15)10-6-4-8-13-14(10)11-5-2-3-7-12(11)16-13/h2-9H,1H3. The van der Waals surface area contributed by atoms with E-state index in [4.69, 9.17) is 11.6 Å². The lowest BCUT2D eigenvalue weighted by atomic mass is 10.0. The van der Waals surface area contributed by atoms with Gasteiger partial charge in [-0.2, -0.15) is 0 Å². The Morgan fingerprint density at radius 3 is 2.56 bits per heavy atom. The zero-order valence-electron chi connectivity index (χ0n) is 8.91. The van der Waals surface area contributed by atoms with Crippen LogP contribution in [0.4, 0.5) is 0 Å². The van der Waals surface area contributed by atoms with E-state index >= 15 is 0 Å². The largest absolute Gasteiger partial charge is 0.135 e. The summed E-state index contributed by atoms with van der Waals surface area (Å²) in [6.45, 7) is 2.03. The molecule has 80 valence electrons. The van der Waals surface area contributed by atoms with Crippen molar-refractivity contribution in [1.29, 1.82) is 0 Å². The Labute approximate surface area is 103 Å². The first-order chi connectivity index (χ1) is 7.77. The molecule has 0 nitrogen and oxygen atoms in total. The first-order valence-electron chi connectivity index (χ1n) is 5.31. The van der Waals surface area contributed by atoms with Crippen LogP contribution in [-0.2, 0) is 0 Å². The van der Waals surface area contributed by atoms with Gasteiger partial charge in [0.2, 0.25) is 0 Å². The number of hydrogen-bond donors (Lipinski definition) is 0. The van der Waals surface area contributed by atoms with E-state index in [1.54, 1.807) is 0 Å². The number of hydrogen-bond acceptors (Lipinski definition) is 1. The highest BCUT2D eigenvalue weighted by atomic mass is 35.5. The molecule has 2 heteroatoms. The van der Waals surface area contributed by atoms with Gasteiger partial charge in [-0.3, -0.25) is 0 Å². The minimum Gasteiger partial charge on any atom is -0.135 e. The molecule has 0 saturated heterocycles. The summed E-state index contributed by atoms with van der Waals surface area (Å²) in [5.74, 6) is 0. The fraction of sp³-hybridized carbons (Fsp3) is 0.143. The van der Waals surface area contributed by atoms with Crippen LogP contribution in [0.25, 0.3) is 20.2 Å². The first-order valence-corrected chi connectivity index (χ1v) is 6.57. The van der Waals surface area contributed by atoms with Crippen LogP contribution in [0.3, 0.4) is 0 Å². The number of alkyl halides is 1. The van der Waals surface area contributed by atoms with E-state index < -0.39 is 0 Å². The monoisotopic (exact) mass is 246 g/mol. The van der Waals surface area contributed by atoms with Crippen LogP contribution in [0.1, 0.15) is 17.9 Å². The van der Waals surface area contributed by atoms with Crippen LogP contribution in [-0.4, -0.2) is 0 Å². The van der Waals surface area contributed by atoms with Crippen LogP contribution in [0.2, 0.25) is 0 Å². The molecule has 0 N–H and O–H groups in total. The molecule has 0 aliphatic carbocycles. The summed E-state index contributed by atoms with van der Waals surface area (Å²) in [6.07, 6.45) is 0. The summed E-state index contributed by atoms with van der Waals surface area (Å²) in [5.41, 5.74) is 1.23. The molecule has 1 aromatic heterocycles. The molecule has 1 heterocycles. The van der Waals surface area contributed by atoms with Gasteiger partial charge in [-0.05, 0) is 24.6 Å². The van der Waals surface area contributed by atoms with Crippen molar-refractivity contribution in [2.45, 2.75) is 12.3 Å². The molecule has 3 rings (SSSR count). The molecule has 0 radical (unpaired) electrons. The minimum atomic E-state index is 0.0571. The van der Waals surface area contributed by atoms with Crippen LogP contribution in [0.15, 0.2) is 42.5 Å². The highest BCUT2D eigenvalue weighted by Gasteiger charge is 2.11. The smallest absolute Gasteiger partial charge is 0.0563 e. The second-order valence-electron chi connectivity index (χ2n) is 3.93. The van der Waals surface area contributed by atoms with Gasteiger partial charge in [-0.15, -0.1) is 22.9 Å². The number of rotatable bonds is 1. The molecule has 0 aliphatic rings. The van der Waals surface area contributed by atoms with E-state index in [0.29, 0.717) is 0 Å². The second kappa shape index (κ2) is 3.76. The normalized spacial score (nSPS) is 13.4. The molecule has 1 atom stereocenters. The third-order valence-electron chi connectivity index (χ3n) is 2.86. The summed E-state index contributed by atoms with van der Waals surface area (Å²) in [4.78, 5) is 0. The molecular weight excluding hydrogens is 236 g/mol. The Morgan fingerprint density at radius 2 is 1.75 bits per heavy atom. The summed E-state index contributed by atoms with van der Waals surface area (Å²) < 4.78 is 2.66. The lowest BCUT2D eigenvalue weighted by Gasteiger charge is -2.05. The predicted octanol–water partition coefficient (Wildman–Crippen LogP) is 5.35. The number of halogens is 1. The number of fused-ring (bicyclic) bond motifs is 3. The fourth-order valence-corrected chi connectivity index (χ4v) is 3.46. The van der Waals surface area contributed by atoms with E-state index in [-0.39, 0.29) is 5.38 Å². The van der Waals surface area contributed by atoms with E-state index in [0.717, 1.165) is 0 Å². The van der Waals surface area contributed by atoms with E-state index in [1.165, 1.54) is 25.7 Å². The molecule has 0 amide bonds. The average Bonchev–Trinajstić information content (AvgIpc) is 2.66. The molecular formula is C14H11ClS. The second-order valence-corrected chi connectivity index (χ2v) is 5.67. The van der Waals surface area contributed by atoms with Crippen molar-refractivity contribution in [3.8, 4) is 0 Å². The van der Waals surface area contributed by atoms with Crippen molar-refractivity contribution in [1.82, 2.24) is 0 Å². The zero-order valence-corrected chi connectivity index (χ0v) is 10.5. The van der Waals surface area contributed by atoms with Gasteiger partial charge in [0.25, 0.3) is 0 Å². The molecule has 2 aromatic carbocycles. The number of benzene rings is 2. The van der Waals surface area contributed by atoms with Crippen molar-refractivity contribution in [3.63, 3.8) is 0 Å². The lowest BCUT2D eigenvalue weighted by Crippen LogP contribution is -1.84. The summed E-state index contributed by atoms with van der Waals surface area (Å²) in [7, 11) is 0. The topological polar surface area (TPSA) is 0 Å². The van der Waals surface area contributed by atoms with Crippen LogP contribution >= 0.6 is 22.9 Å². The van der Waals surface area contributed by atoms with Gasteiger partial charge in [0.15, 0.2) is 0 Å². The quantitative estimate of drug-likeness (QED) is 0.508. The van der Waals surface area contributed by atoms with Gasteiger partial charge in [0.1, 0.15) is 0 Å². The van der Waals surface area contributed by atoms with Crippen molar-refractivity contribution >= 4 is 43.1 Å². The maximum Gasteiger partial charge on any atom is 0.0563 e. The summed E-state index contributed by atoms with van der Waals surface area (Å²) in [6, 6.07) is 14.9. The molecule has 16 heavy (non-hydrogen) atoms. The number of thiophene rings is 1. The van der Waals surface area contributed by atoms with Crippen molar-refractivity contribution in [2.24, 2.45) is 0 Å². The minimum absolute atomic E-state index is 0.0571. The van der Waals surface area contributed by atoms with Crippen LogP contribution in [0, 0.1) is 0 Å². The Bertz CT molecular complexity index is 652. The molecule has 1 unspecified atom stereocenters. The Morgan fingerprint density at radius 1 is 1.00 bits per heavy atom. The van der Waals surface area contributed by atoms with E-state index in [2.05, 4.69) is 42.5 Å². The SMILES string of the molecule is CC(Cl)c1cccc2sc3ccccc3c12. The third-order valence-corrected chi connectivity index (χ3v) is 4.23. The van der Waals surface area contributed by atoms with Gasteiger partial charge in [-0.1, -0.05) is 30.3 Å². The highest BCUT2D eigenvalue weighted by Crippen LogP contribution is 2.38. The first kappa shape index (κ1) is 10.1. The zero-order chi connectivity index (χ0) is 11.1. The van der Waals surface area contributed by atoms with Crippen LogP contribution in [0.5, 0.6) is 0 Å². The molecule has 0 bridgehead atoms. The van der Waals surface area contributed by atoms with E-state index in [9.17, 15) is 0 Å². The maximum atomic E-state index is 6.24. The van der Waals surface area contributed by atoms with E-state index in [1.807, 2.05) is 18.3 Å². The summed E-state index contributed by atoms with van der Waals surface area (Å²) in [5, 5.41) is 2.71. The molecule has 0 aliphatic heterocycles.